The molecule has 3 N–H and O–H groups in total. The summed E-state index contributed by atoms with van der Waals surface area (Å²) in [6.07, 6.45) is 7.79. The predicted molar refractivity (Wildman–Crippen MR) is 135 cm³/mol. The third-order valence-corrected chi connectivity index (χ3v) is 13.0. The Bertz CT molecular complexity index is 823. The van der Waals surface area contributed by atoms with Gasteiger partial charge in [0.2, 0.25) is 0 Å². The summed E-state index contributed by atoms with van der Waals surface area (Å²) in [4.78, 5) is 0. The molecule has 11 atom stereocenters. The Hall–Kier alpha value is -0.160. The van der Waals surface area contributed by atoms with Crippen LogP contribution in [0.1, 0.15) is 113 Å². The fraction of sp³-hybridized carbons (Fsp3) is 1.00. The molecule has 0 bridgehead atoms. The third kappa shape index (κ3) is 3.16. The molecule has 0 amide bonds. The van der Waals surface area contributed by atoms with E-state index in [1.165, 1.54) is 6.42 Å². The van der Waals surface area contributed by atoms with Gasteiger partial charge in [0, 0.05) is 0 Å². The van der Waals surface area contributed by atoms with Crippen LogP contribution < -0.4 is 0 Å². The van der Waals surface area contributed by atoms with Gasteiger partial charge in [-0.1, -0.05) is 34.6 Å². The largest absolute Gasteiger partial charge is 0.393 e. The summed E-state index contributed by atoms with van der Waals surface area (Å²) in [5.41, 5.74) is -0.739. The molecular weight excluding hydrogens is 424 g/mol. The van der Waals surface area contributed by atoms with Gasteiger partial charge < -0.3 is 20.1 Å². The second kappa shape index (κ2) is 7.45. The lowest BCUT2D eigenvalue weighted by atomic mass is 9.34. The lowest BCUT2D eigenvalue weighted by Crippen LogP contribution is -2.70. The summed E-state index contributed by atoms with van der Waals surface area (Å²) in [7, 11) is 0. The molecule has 34 heavy (non-hydrogen) atoms. The highest BCUT2D eigenvalue weighted by Crippen LogP contribution is 2.76. The van der Waals surface area contributed by atoms with E-state index in [0.717, 1.165) is 51.4 Å². The van der Waals surface area contributed by atoms with Crippen molar-refractivity contribution in [3.63, 3.8) is 0 Å². The molecule has 1 heterocycles. The minimum atomic E-state index is -0.414. The molecule has 5 aliphatic rings. The first-order valence-corrected chi connectivity index (χ1v) is 14.3. The Kier molecular flexibility index (Phi) is 5.59. The number of aliphatic hydroxyl groups excluding tert-OH is 3. The van der Waals surface area contributed by atoms with Gasteiger partial charge in [-0.25, -0.2) is 0 Å². The van der Waals surface area contributed by atoms with E-state index in [1.807, 2.05) is 0 Å². The van der Waals surface area contributed by atoms with Crippen molar-refractivity contribution in [2.75, 3.05) is 0 Å². The van der Waals surface area contributed by atoms with Crippen molar-refractivity contribution in [2.24, 2.45) is 45.3 Å². The smallest absolute Gasteiger partial charge is 0.0693 e. The molecule has 0 radical (unpaired) electrons. The normalized spacial score (nSPS) is 58.5. The van der Waals surface area contributed by atoms with E-state index in [9.17, 15) is 15.3 Å². The summed E-state index contributed by atoms with van der Waals surface area (Å²) in [6, 6.07) is 0. The SMILES string of the molecule is CC1(C)CCC[C@](C)([C@H]2CC[C@]3(C)[C@@H]2[C@H](O)C[C@@H]2[C@@]4(C)CC[C@H](O)C(C)(C)[C@@H]4[C@H](O)C[C@@]23C)O1. The zero-order valence-corrected chi connectivity index (χ0v) is 23.2. The second-order valence-electron chi connectivity index (χ2n) is 15.5. The van der Waals surface area contributed by atoms with Gasteiger partial charge in [0.05, 0.1) is 29.5 Å². The number of hydrogen-bond acceptors (Lipinski definition) is 4. The Balaban J connectivity index is 1.54. The maximum Gasteiger partial charge on any atom is 0.0693 e. The van der Waals surface area contributed by atoms with E-state index in [2.05, 4.69) is 55.4 Å². The van der Waals surface area contributed by atoms with Crippen LogP contribution in [0.5, 0.6) is 0 Å². The first-order valence-electron chi connectivity index (χ1n) is 14.3. The van der Waals surface area contributed by atoms with E-state index in [1.54, 1.807) is 0 Å². The number of ether oxygens (including phenoxy) is 1. The monoisotopic (exact) mass is 476 g/mol. The van der Waals surface area contributed by atoms with E-state index in [0.29, 0.717) is 11.8 Å². The van der Waals surface area contributed by atoms with Crippen molar-refractivity contribution in [3.8, 4) is 0 Å². The molecule has 0 aromatic rings. The van der Waals surface area contributed by atoms with Crippen molar-refractivity contribution in [1.29, 1.82) is 0 Å². The van der Waals surface area contributed by atoms with Crippen LogP contribution in [0.15, 0.2) is 0 Å². The van der Waals surface area contributed by atoms with Crippen LogP contribution >= 0.6 is 0 Å². The van der Waals surface area contributed by atoms with E-state index in [4.69, 9.17) is 4.74 Å². The molecule has 0 spiro atoms. The van der Waals surface area contributed by atoms with Crippen molar-refractivity contribution < 1.29 is 20.1 Å². The average Bonchev–Trinajstić information content (AvgIpc) is 3.07. The molecule has 1 aliphatic heterocycles. The highest BCUT2D eigenvalue weighted by molar-refractivity contribution is 5.21. The first-order chi connectivity index (χ1) is 15.5. The zero-order valence-electron chi connectivity index (χ0n) is 23.2. The Morgan fingerprint density at radius 2 is 1.41 bits per heavy atom. The predicted octanol–water partition coefficient (Wildman–Crippen LogP) is 5.71. The molecular formula is C30H52O4. The Morgan fingerprint density at radius 3 is 2.06 bits per heavy atom. The van der Waals surface area contributed by atoms with Crippen molar-refractivity contribution >= 4 is 0 Å². The minimum absolute atomic E-state index is 0.0247. The molecule has 5 fully saturated rings. The van der Waals surface area contributed by atoms with Crippen LogP contribution in [0.3, 0.4) is 0 Å². The minimum Gasteiger partial charge on any atom is -0.393 e. The highest BCUT2D eigenvalue weighted by atomic mass is 16.5. The van der Waals surface area contributed by atoms with Gasteiger partial charge in [-0.05, 0) is 124 Å². The van der Waals surface area contributed by atoms with Crippen LogP contribution in [0, 0.1) is 45.3 Å². The number of hydrogen-bond donors (Lipinski definition) is 3. The molecule has 196 valence electrons. The van der Waals surface area contributed by atoms with Gasteiger partial charge in [-0.3, -0.25) is 0 Å². The number of rotatable bonds is 1. The molecule has 0 aromatic carbocycles. The quantitative estimate of drug-likeness (QED) is 0.453. The van der Waals surface area contributed by atoms with Crippen molar-refractivity contribution in [1.82, 2.24) is 0 Å². The average molecular weight is 477 g/mol. The van der Waals surface area contributed by atoms with Crippen LogP contribution in [-0.4, -0.2) is 44.8 Å². The summed E-state index contributed by atoms with van der Waals surface area (Å²) >= 11 is 0. The summed E-state index contributed by atoms with van der Waals surface area (Å²) in [6.45, 7) is 18.4. The molecule has 4 saturated carbocycles. The second-order valence-corrected chi connectivity index (χ2v) is 15.5. The molecule has 4 heteroatoms. The lowest BCUT2D eigenvalue weighted by Gasteiger charge is -2.71. The van der Waals surface area contributed by atoms with Crippen LogP contribution in [-0.2, 0) is 4.74 Å². The third-order valence-electron chi connectivity index (χ3n) is 13.0. The summed E-state index contributed by atoms with van der Waals surface area (Å²) in [5, 5.41) is 34.6. The molecule has 1 saturated heterocycles. The fourth-order valence-corrected chi connectivity index (χ4v) is 11.5. The van der Waals surface area contributed by atoms with Gasteiger partial charge in [0.1, 0.15) is 0 Å². The summed E-state index contributed by atoms with van der Waals surface area (Å²) < 4.78 is 6.83. The molecule has 4 nitrogen and oxygen atoms in total. The van der Waals surface area contributed by atoms with Gasteiger partial charge in [0.15, 0.2) is 0 Å². The van der Waals surface area contributed by atoms with Crippen molar-refractivity contribution in [2.45, 2.75) is 143 Å². The Morgan fingerprint density at radius 1 is 0.735 bits per heavy atom. The van der Waals surface area contributed by atoms with Gasteiger partial charge in [0.25, 0.3) is 0 Å². The first kappa shape index (κ1) is 25.5. The van der Waals surface area contributed by atoms with Gasteiger partial charge >= 0.3 is 0 Å². The Labute approximate surface area is 208 Å². The van der Waals surface area contributed by atoms with Crippen molar-refractivity contribution in [3.05, 3.63) is 0 Å². The lowest BCUT2D eigenvalue weighted by molar-refractivity contribution is -0.279. The fourth-order valence-electron chi connectivity index (χ4n) is 11.5. The standard InChI is InChI=1S/C30H52O4/c1-25(2)12-9-13-30(8,34-25)18-10-15-28(6)23(18)19(31)16-21-27(5)14-11-22(33)26(3,4)24(27)20(32)17-29(21,28)7/h18-24,31-33H,9-17H2,1-8H3/t18-,19+,20+,21+,22-,23-,24-,27+,28+,29-,30+/m0/s1. The maximum atomic E-state index is 11.9. The van der Waals surface area contributed by atoms with Crippen LogP contribution in [0.4, 0.5) is 0 Å². The van der Waals surface area contributed by atoms with E-state index in [-0.39, 0.29) is 56.9 Å². The maximum absolute atomic E-state index is 11.9. The van der Waals surface area contributed by atoms with Gasteiger partial charge in [-0.15, -0.1) is 0 Å². The molecule has 0 aromatic heterocycles. The highest BCUT2D eigenvalue weighted by Gasteiger charge is 2.73. The van der Waals surface area contributed by atoms with Crippen LogP contribution in [0.25, 0.3) is 0 Å². The van der Waals surface area contributed by atoms with E-state index >= 15 is 0 Å². The zero-order chi connectivity index (χ0) is 25.1. The molecule has 5 rings (SSSR count). The molecule has 0 unspecified atom stereocenters. The summed E-state index contributed by atoms with van der Waals surface area (Å²) in [5.74, 6) is 0.984. The van der Waals surface area contributed by atoms with E-state index < -0.39 is 6.10 Å². The topological polar surface area (TPSA) is 69.9 Å². The van der Waals surface area contributed by atoms with Gasteiger partial charge in [-0.2, -0.15) is 0 Å². The van der Waals surface area contributed by atoms with Crippen LogP contribution in [0.2, 0.25) is 0 Å². The number of fused-ring (bicyclic) bond motifs is 5. The molecule has 4 aliphatic carbocycles. The number of aliphatic hydroxyl groups is 3.